The van der Waals surface area contributed by atoms with Crippen molar-refractivity contribution in [3.8, 4) is 0 Å². The van der Waals surface area contributed by atoms with E-state index in [2.05, 4.69) is 170 Å². The third-order valence-electron chi connectivity index (χ3n) is 8.64. The van der Waals surface area contributed by atoms with Crippen molar-refractivity contribution in [1.29, 1.82) is 0 Å². The highest BCUT2D eigenvalue weighted by molar-refractivity contribution is 7.90. The summed E-state index contributed by atoms with van der Waals surface area (Å²) < 4.78 is 0. The van der Waals surface area contributed by atoms with Crippen LogP contribution < -0.4 is 26.4 Å². The fourth-order valence-electron chi connectivity index (χ4n) is 6.96. The molecule has 0 aromatic heterocycles. The Kier molecular flexibility index (Phi) is 6.49. The predicted octanol–water partition coefficient (Wildman–Crippen LogP) is 8.31. The van der Waals surface area contributed by atoms with Crippen molar-refractivity contribution in [2.45, 2.75) is 11.3 Å². The van der Waals surface area contributed by atoms with Crippen LogP contribution in [-0.2, 0) is 4.90 Å². The maximum Gasteiger partial charge on any atom is 0.0555 e. The molecule has 0 fully saturated rings. The molecule has 200 valence electrons. The molecule has 0 spiro atoms. The van der Waals surface area contributed by atoms with Gasteiger partial charge in [-0.3, -0.25) is 0 Å². The molecule has 0 radical (unpaired) electrons. The first-order valence-electron chi connectivity index (χ1n) is 14.6. The predicted molar refractivity (Wildman–Crippen MR) is 186 cm³/mol. The average molecular weight is 573 g/mol. The van der Waals surface area contributed by atoms with Crippen molar-refractivity contribution < 1.29 is 0 Å². The summed E-state index contributed by atoms with van der Waals surface area (Å²) in [6.07, 6.45) is 3.55. The van der Waals surface area contributed by atoms with E-state index in [1.54, 1.807) is 0 Å². The summed E-state index contributed by atoms with van der Waals surface area (Å²) in [7, 11) is -1.65. The van der Waals surface area contributed by atoms with Gasteiger partial charge in [0.1, 0.15) is 0 Å². The lowest BCUT2D eigenvalue weighted by Crippen LogP contribution is -2.39. The van der Waals surface area contributed by atoms with E-state index >= 15 is 0 Å². The van der Waals surface area contributed by atoms with Gasteiger partial charge in [-0.2, -0.15) is 0 Å². The standard InChI is InChI=1S/C40H30P2/c1-5-16-33(17-6-1)41(34-18-7-2-8-19-34)40(42(35-20-9-3-10-21-35)36-22-11-4-12-23-36)29-28-32-25-24-30-14-13-15-31-26-27-37(40)39(32)38(30)31/h1-28H,29H2. The van der Waals surface area contributed by atoms with Crippen LogP contribution in [0.15, 0.2) is 164 Å². The minimum absolute atomic E-state index is 0.165. The van der Waals surface area contributed by atoms with Gasteiger partial charge in [0.25, 0.3) is 0 Å². The first kappa shape index (κ1) is 25.6. The van der Waals surface area contributed by atoms with E-state index in [4.69, 9.17) is 0 Å². The summed E-state index contributed by atoms with van der Waals surface area (Å²) in [5, 5.41) is 12.6. The fraction of sp³-hybridized carbons (Fsp3) is 0.0500. The van der Waals surface area contributed by atoms with E-state index in [-0.39, 0.29) is 4.90 Å². The SMILES string of the molecule is C1=c2ccc3cccc4ccc(c2c43)C(P(c2ccccc2)c2ccccc2)(P(c2ccccc2)c2ccccc2)C1. The molecular formula is C40H30P2. The molecule has 7 aromatic carbocycles. The Morgan fingerprint density at radius 3 is 1.26 bits per heavy atom. The molecule has 0 amide bonds. The highest BCUT2D eigenvalue weighted by Gasteiger charge is 2.50. The topological polar surface area (TPSA) is 0 Å². The van der Waals surface area contributed by atoms with Crippen molar-refractivity contribution in [2.75, 3.05) is 0 Å². The maximum absolute atomic E-state index is 2.57. The maximum atomic E-state index is 2.57. The van der Waals surface area contributed by atoms with E-state index in [0.29, 0.717) is 0 Å². The highest BCUT2D eigenvalue weighted by Crippen LogP contribution is 2.73. The monoisotopic (exact) mass is 572 g/mol. The van der Waals surface area contributed by atoms with Crippen molar-refractivity contribution in [3.63, 3.8) is 0 Å². The van der Waals surface area contributed by atoms with Gasteiger partial charge in [0.2, 0.25) is 0 Å². The van der Waals surface area contributed by atoms with E-state index < -0.39 is 15.8 Å². The smallest absolute Gasteiger partial charge is 0.0555 e. The quantitative estimate of drug-likeness (QED) is 0.176. The molecule has 42 heavy (non-hydrogen) atoms. The van der Waals surface area contributed by atoms with Gasteiger partial charge in [0, 0.05) is 0 Å². The molecule has 8 rings (SSSR count). The van der Waals surface area contributed by atoms with Crippen LogP contribution >= 0.6 is 15.8 Å². The van der Waals surface area contributed by atoms with E-state index in [1.807, 2.05) is 0 Å². The molecule has 7 aromatic rings. The van der Waals surface area contributed by atoms with Gasteiger partial charge in [-0.15, -0.1) is 0 Å². The lowest BCUT2D eigenvalue weighted by atomic mass is 9.89. The Balaban J connectivity index is 1.56. The molecule has 0 aliphatic heterocycles. The second-order valence-electron chi connectivity index (χ2n) is 11.0. The number of rotatable bonds is 6. The van der Waals surface area contributed by atoms with Crippen LogP contribution in [0.4, 0.5) is 0 Å². The Hall–Kier alpha value is -4.08. The Labute approximate surface area is 249 Å². The summed E-state index contributed by atoms with van der Waals surface area (Å²) in [4.78, 5) is -0.165. The minimum atomic E-state index is -0.826. The second kappa shape index (κ2) is 10.6. The van der Waals surface area contributed by atoms with Gasteiger partial charge in [-0.25, -0.2) is 0 Å². The Bertz CT molecular complexity index is 1880. The van der Waals surface area contributed by atoms with Crippen molar-refractivity contribution in [3.05, 3.63) is 175 Å². The normalized spacial score (nSPS) is 14.0. The van der Waals surface area contributed by atoms with E-state index in [9.17, 15) is 0 Å². The van der Waals surface area contributed by atoms with Gasteiger partial charge < -0.3 is 0 Å². The molecule has 0 saturated carbocycles. The molecule has 0 nitrogen and oxygen atoms in total. The molecule has 1 aliphatic rings. The Morgan fingerprint density at radius 2 is 0.810 bits per heavy atom. The first-order chi connectivity index (χ1) is 20.8. The average Bonchev–Trinajstić information content (AvgIpc) is 3.07. The molecule has 0 saturated heterocycles. The van der Waals surface area contributed by atoms with Crippen LogP contribution in [0.25, 0.3) is 27.6 Å². The lowest BCUT2D eigenvalue weighted by molar-refractivity contribution is 0.904. The van der Waals surface area contributed by atoms with Crippen molar-refractivity contribution >= 4 is 64.7 Å². The zero-order valence-electron chi connectivity index (χ0n) is 23.3. The van der Waals surface area contributed by atoms with Crippen LogP contribution in [0.3, 0.4) is 0 Å². The largest absolute Gasteiger partial charge is 0.0750 e. The minimum Gasteiger partial charge on any atom is -0.0750 e. The second-order valence-corrected chi connectivity index (χ2v) is 16.2. The van der Waals surface area contributed by atoms with Crippen LogP contribution in [0.1, 0.15) is 12.0 Å². The lowest BCUT2D eigenvalue weighted by Gasteiger charge is -2.49. The summed E-state index contributed by atoms with van der Waals surface area (Å²) in [5.41, 5.74) is 1.50. The molecule has 0 bridgehead atoms. The zero-order chi connectivity index (χ0) is 27.9. The third-order valence-corrected chi connectivity index (χ3v) is 15.4. The molecule has 0 atom stereocenters. The number of hydrogen-bond donors (Lipinski definition) is 0. The third kappa shape index (κ3) is 4.06. The van der Waals surface area contributed by atoms with Crippen LogP contribution in [0, 0.1) is 0 Å². The first-order valence-corrected chi connectivity index (χ1v) is 17.3. The molecule has 2 heteroatoms. The van der Waals surface area contributed by atoms with Crippen LogP contribution in [-0.4, -0.2) is 0 Å². The van der Waals surface area contributed by atoms with Crippen LogP contribution in [0.5, 0.6) is 0 Å². The van der Waals surface area contributed by atoms with Crippen LogP contribution in [0.2, 0.25) is 0 Å². The van der Waals surface area contributed by atoms with E-state index in [1.165, 1.54) is 53.5 Å². The number of hydrogen-bond acceptors (Lipinski definition) is 0. The number of benzene rings is 7. The van der Waals surface area contributed by atoms with Gasteiger partial charge in [0.05, 0.1) is 4.90 Å². The summed E-state index contributed by atoms with van der Waals surface area (Å²) in [6, 6.07) is 61.7. The van der Waals surface area contributed by atoms with Crippen molar-refractivity contribution in [1.82, 2.24) is 0 Å². The Morgan fingerprint density at radius 1 is 0.381 bits per heavy atom. The highest BCUT2D eigenvalue weighted by atomic mass is 31.2. The van der Waals surface area contributed by atoms with Gasteiger partial charge in [0.15, 0.2) is 0 Å². The summed E-state index contributed by atoms with van der Waals surface area (Å²) in [6.45, 7) is 0. The zero-order valence-corrected chi connectivity index (χ0v) is 25.1. The van der Waals surface area contributed by atoms with E-state index in [0.717, 1.165) is 6.42 Å². The van der Waals surface area contributed by atoms with Gasteiger partial charge in [-0.05, 0) is 75.8 Å². The van der Waals surface area contributed by atoms with Gasteiger partial charge >= 0.3 is 0 Å². The van der Waals surface area contributed by atoms with Crippen molar-refractivity contribution in [2.24, 2.45) is 0 Å². The summed E-state index contributed by atoms with van der Waals surface area (Å²) in [5.74, 6) is 0. The van der Waals surface area contributed by atoms with Gasteiger partial charge in [-0.1, -0.05) is 170 Å². The molecule has 0 heterocycles. The summed E-state index contributed by atoms with van der Waals surface area (Å²) >= 11 is 0. The molecule has 0 N–H and O–H groups in total. The molecular weight excluding hydrogens is 542 g/mol. The fourth-order valence-corrected chi connectivity index (χ4v) is 14.7. The molecule has 1 aliphatic carbocycles. The molecule has 0 unspecified atom stereocenters.